The molecule has 4 nitrogen and oxygen atoms in total. The first-order chi connectivity index (χ1) is 12.8. The van der Waals surface area contributed by atoms with Crippen molar-refractivity contribution < 1.29 is 9.15 Å². The van der Waals surface area contributed by atoms with Gasteiger partial charge in [-0.2, -0.15) is 0 Å². The molecule has 0 saturated carbocycles. The summed E-state index contributed by atoms with van der Waals surface area (Å²) >= 11 is 0. The van der Waals surface area contributed by atoms with E-state index < -0.39 is 0 Å². The van der Waals surface area contributed by atoms with Gasteiger partial charge in [0.25, 0.3) is 0 Å². The summed E-state index contributed by atoms with van der Waals surface area (Å²) in [5.74, 6) is 0.726. The topological polar surface area (TPSA) is 42.7 Å². The van der Waals surface area contributed by atoms with Gasteiger partial charge in [0.05, 0.1) is 0 Å². The number of fused-ring (bicyclic) bond motifs is 1. The zero-order chi connectivity index (χ0) is 17.8. The van der Waals surface area contributed by atoms with Gasteiger partial charge in [-0.05, 0) is 35.8 Å². The zero-order valence-corrected chi connectivity index (χ0v) is 14.6. The van der Waals surface area contributed by atoms with Crippen LogP contribution in [0.5, 0.6) is 5.75 Å². The van der Waals surface area contributed by atoms with Gasteiger partial charge < -0.3 is 9.15 Å². The molecule has 132 valence electrons. The van der Waals surface area contributed by atoms with E-state index in [2.05, 4.69) is 41.3 Å². The lowest BCUT2D eigenvalue weighted by Crippen LogP contribution is -2.32. The standard InChI is InChI=1S/C22H21NO3/c24-22-9-7-19-6-8-20(16-21(19)26-22)25-15-14-23-12-10-18(11-13-23)17-4-2-1-3-5-17/h1-10,16H,11-15H2. The maximum Gasteiger partial charge on any atom is 0.336 e. The van der Waals surface area contributed by atoms with Crippen LogP contribution in [0, 0.1) is 0 Å². The van der Waals surface area contributed by atoms with Gasteiger partial charge in [-0.3, -0.25) is 4.90 Å². The lowest BCUT2D eigenvalue weighted by molar-refractivity contribution is 0.222. The molecule has 0 spiro atoms. The average molecular weight is 347 g/mol. The Bertz CT molecular complexity index is 975. The Morgan fingerprint density at radius 3 is 2.69 bits per heavy atom. The molecule has 0 N–H and O–H groups in total. The number of hydrogen-bond donors (Lipinski definition) is 0. The van der Waals surface area contributed by atoms with Crippen molar-refractivity contribution in [3.8, 4) is 5.75 Å². The highest BCUT2D eigenvalue weighted by Crippen LogP contribution is 2.22. The van der Waals surface area contributed by atoms with Gasteiger partial charge in [-0.15, -0.1) is 0 Å². The third kappa shape index (κ3) is 3.86. The highest BCUT2D eigenvalue weighted by atomic mass is 16.5. The van der Waals surface area contributed by atoms with E-state index in [0.717, 1.165) is 37.2 Å². The van der Waals surface area contributed by atoms with Gasteiger partial charge in [-0.25, -0.2) is 4.79 Å². The summed E-state index contributed by atoms with van der Waals surface area (Å²) in [5.41, 5.74) is 2.96. The van der Waals surface area contributed by atoms with E-state index in [-0.39, 0.29) is 5.63 Å². The molecular weight excluding hydrogens is 326 g/mol. The van der Waals surface area contributed by atoms with Crippen LogP contribution in [0.3, 0.4) is 0 Å². The fourth-order valence-corrected chi connectivity index (χ4v) is 3.25. The fourth-order valence-electron chi connectivity index (χ4n) is 3.25. The zero-order valence-electron chi connectivity index (χ0n) is 14.6. The molecule has 4 heteroatoms. The second-order valence-electron chi connectivity index (χ2n) is 6.45. The summed E-state index contributed by atoms with van der Waals surface area (Å²) in [6.45, 7) is 3.46. The third-order valence-electron chi connectivity index (χ3n) is 4.71. The molecule has 0 unspecified atom stereocenters. The number of benzene rings is 2. The Kier molecular flexibility index (Phi) is 4.84. The van der Waals surface area contributed by atoms with E-state index in [0.29, 0.717) is 12.2 Å². The number of hydrogen-bond acceptors (Lipinski definition) is 4. The molecule has 0 bridgehead atoms. The Morgan fingerprint density at radius 1 is 1.04 bits per heavy atom. The minimum Gasteiger partial charge on any atom is -0.492 e. The van der Waals surface area contributed by atoms with Crippen molar-refractivity contribution in [2.75, 3.05) is 26.2 Å². The lowest BCUT2D eigenvalue weighted by atomic mass is 10.00. The molecule has 0 atom stereocenters. The Morgan fingerprint density at radius 2 is 1.88 bits per heavy atom. The van der Waals surface area contributed by atoms with Crippen LogP contribution in [0.1, 0.15) is 12.0 Å². The lowest BCUT2D eigenvalue weighted by Gasteiger charge is -2.26. The third-order valence-corrected chi connectivity index (χ3v) is 4.71. The summed E-state index contributed by atoms with van der Waals surface area (Å²) in [7, 11) is 0. The number of rotatable bonds is 5. The average Bonchev–Trinajstić information content (AvgIpc) is 2.69. The van der Waals surface area contributed by atoms with Crippen LogP contribution in [-0.2, 0) is 0 Å². The fraction of sp³-hybridized carbons (Fsp3) is 0.227. The molecule has 0 amide bonds. The van der Waals surface area contributed by atoms with Crippen LogP contribution in [-0.4, -0.2) is 31.1 Å². The van der Waals surface area contributed by atoms with E-state index in [1.165, 1.54) is 17.2 Å². The first-order valence-electron chi connectivity index (χ1n) is 8.91. The van der Waals surface area contributed by atoms with E-state index in [4.69, 9.17) is 9.15 Å². The molecule has 1 aromatic heterocycles. The molecule has 2 aromatic carbocycles. The van der Waals surface area contributed by atoms with Gasteiger partial charge in [-0.1, -0.05) is 36.4 Å². The number of nitrogens with zero attached hydrogens (tertiary/aromatic N) is 1. The smallest absolute Gasteiger partial charge is 0.336 e. The van der Waals surface area contributed by atoms with Gasteiger partial charge in [0.15, 0.2) is 0 Å². The molecular formula is C22H21NO3. The molecule has 0 radical (unpaired) electrons. The Labute approximate surface area is 152 Å². The first-order valence-corrected chi connectivity index (χ1v) is 8.91. The predicted octanol–water partition coefficient (Wildman–Crippen LogP) is 3.96. The van der Waals surface area contributed by atoms with Crippen LogP contribution >= 0.6 is 0 Å². The molecule has 0 saturated heterocycles. The van der Waals surface area contributed by atoms with Gasteiger partial charge in [0, 0.05) is 37.2 Å². The monoisotopic (exact) mass is 347 g/mol. The summed E-state index contributed by atoms with van der Waals surface area (Å²) < 4.78 is 11.0. The van der Waals surface area contributed by atoms with Crippen molar-refractivity contribution in [2.24, 2.45) is 0 Å². The normalized spacial score (nSPS) is 15.0. The van der Waals surface area contributed by atoms with Crippen LogP contribution in [0.4, 0.5) is 0 Å². The van der Waals surface area contributed by atoms with Crippen molar-refractivity contribution in [3.63, 3.8) is 0 Å². The van der Waals surface area contributed by atoms with Gasteiger partial charge in [0.2, 0.25) is 0 Å². The van der Waals surface area contributed by atoms with E-state index >= 15 is 0 Å². The predicted molar refractivity (Wildman–Crippen MR) is 103 cm³/mol. The first kappa shape index (κ1) is 16.6. The van der Waals surface area contributed by atoms with Crippen molar-refractivity contribution >= 4 is 16.5 Å². The SMILES string of the molecule is O=c1ccc2ccc(OCCN3CC=C(c4ccccc4)CC3)cc2o1. The highest BCUT2D eigenvalue weighted by Gasteiger charge is 2.12. The Balaban J connectivity index is 1.31. The molecule has 1 aliphatic heterocycles. The molecule has 0 aliphatic carbocycles. The number of ether oxygens (including phenoxy) is 1. The van der Waals surface area contributed by atoms with Crippen molar-refractivity contribution in [1.29, 1.82) is 0 Å². The molecule has 4 rings (SSSR count). The molecule has 3 aromatic rings. The maximum absolute atomic E-state index is 11.3. The molecule has 26 heavy (non-hydrogen) atoms. The van der Waals surface area contributed by atoms with E-state index in [1.54, 1.807) is 12.1 Å². The van der Waals surface area contributed by atoms with Crippen molar-refractivity contribution in [1.82, 2.24) is 4.90 Å². The minimum atomic E-state index is -0.344. The van der Waals surface area contributed by atoms with Gasteiger partial charge >= 0.3 is 5.63 Å². The van der Waals surface area contributed by atoms with Gasteiger partial charge in [0.1, 0.15) is 17.9 Å². The Hall–Kier alpha value is -2.85. The summed E-state index contributed by atoms with van der Waals surface area (Å²) in [6, 6.07) is 19.3. The molecule has 0 fully saturated rings. The largest absolute Gasteiger partial charge is 0.492 e. The molecule has 1 aliphatic rings. The van der Waals surface area contributed by atoms with Crippen LogP contribution in [0.25, 0.3) is 16.5 Å². The van der Waals surface area contributed by atoms with Crippen LogP contribution in [0.2, 0.25) is 0 Å². The maximum atomic E-state index is 11.3. The summed E-state index contributed by atoms with van der Waals surface area (Å²) in [5, 5.41) is 0.895. The van der Waals surface area contributed by atoms with Crippen LogP contribution in [0.15, 0.2) is 76.0 Å². The quantitative estimate of drug-likeness (QED) is 0.655. The molecule has 2 heterocycles. The highest BCUT2D eigenvalue weighted by molar-refractivity contribution is 5.77. The van der Waals surface area contributed by atoms with Crippen molar-refractivity contribution in [3.05, 3.63) is 82.7 Å². The second-order valence-corrected chi connectivity index (χ2v) is 6.45. The van der Waals surface area contributed by atoms with Crippen molar-refractivity contribution in [2.45, 2.75) is 6.42 Å². The van der Waals surface area contributed by atoms with Crippen LogP contribution < -0.4 is 10.4 Å². The summed E-state index contributed by atoms with van der Waals surface area (Å²) in [6.07, 6.45) is 3.37. The second kappa shape index (κ2) is 7.58. The van der Waals surface area contributed by atoms with E-state index in [1.807, 2.05) is 12.1 Å². The summed E-state index contributed by atoms with van der Waals surface area (Å²) in [4.78, 5) is 13.7. The van der Waals surface area contributed by atoms with E-state index in [9.17, 15) is 4.79 Å². The minimum absolute atomic E-state index is 0.344.